The number of alkyl halides is 6. The maximum absolute atomic E-state index is 12.9. The van der Waals surface area contributed by atoms with Crippen molar-refractivity contribution in [2.75, 3.05) is 13.6 Å². The monoisotopic (exact) mass is 317 g/mol. The Morgan fingerprint density at radius 3 is 1.76 bits per heavy atom. The van der Waals surface area contributed by atoms with Gasteiger partial charge in [0.15, 0.2) is 0 Å². The molecule has 0 aliphatic heterocycles. The number of rotatable bonds is 4. The molecule has 0 fully saturated rings. The Kier molecular flexibility index (Phi) is 5.24. The second-order valence-electron chi connectivity index (χ2n) is 4.33. The largest absolute Gasteiger partial charge is 0.416 e. The third-order valence-corrected chi connectivity index (χ3v) is 2.79. The highest BCUT2D eigenvalue weighted by atomic mass is 19.4. The lowest BCUT2D eigenvalue weighted by Gasteiger charge is -2.25. The highest BCUT2D eigenvalue weighted by molar-refractivity contribution is 5.41. The van der Waals surface area contributed by atoms with E-state index in [4.69, 9.17) is 0 Å². The van der Waals surface area contributed by atoms with Crippen LogP contribution in [0.5, 0.6) is 0 Å². The number of hydrogen-bond acceptors (Lipinski definition) is 3. The van der Waals surface area contributed by atoms with E-state index in [1.165, 1.54) is 7.05 Å². The summed E-state index contributed by atoms with van der Waals surface area (Å²) in [5.41, 5.74) is -4.62. The summed E-state index contributed by atoms with van der Waals surface area (Å²) in [5.74, 6) is 0. The van der Waals surface area contributed by atoms with Crippen molar-refractivity contribution in [2.24, 2.45) is 0 Å². The summed E-state index contributed by atoms with van der Waals surface area (Å²) >= 11 is 0. The maximum atomic E-state index is 12.9. The Bertz CT molecular complexity index is 453. The average molecular weight is 317 g/mol. The molecule has 0 saturated carbocycles. The highest BCUT2D eigenvalue weighted by Crippen LogP contribution is 2.42. The van der Waals surface area contributed by atoms with Crippen LogP contribution in [-0.2, 0) is 12.4 Å². The standard InChI is InChI=1S/C12H13F6NO2/c1-19-5-8(20)10(21)9-6(11(13,14)15)3-2-4-7(9)12(16,17)18/h2-4,8,10,19-21H,5H2,1H3. The first-order valence-electron chi connectivity index (χ1n) is 5.78. The molecule has 3 N–H and O–H groups in total. The van der Waals surface area contributed by atoms with Crippen LogP contribution < -0.4 is 5.32 Å². The maximum Gasteiger partial charge on any atom is 0.416 e. The van der Waals surface area contributed by atoms with Crippen molar-refractivity contribution in [1.82, 2.24) is 5.32 Å². The molecule has 1 rings (SSSR count). The van der Waals surface area contributed by atoms with E-state index >= 15 is 0 Å². The van der Waals surface area contributed by atoms with Crippen molar-refractivity contribution < 1.29 is 36.6 Å². The van der Waals surface area contributed by atoms with Crippen LogP contribution in [0.25, 0.3) is 0 Å². The lowest BCUT2D eigenvalue weighted by Crippen LogP contribution is -2.32. The van der Waals surface area contributed by atoms with Gasteiger partial charge in [-0.2, -0.15) is 26.3 Å². The average Bonchev–Trinajstić information content (AvgIpc) is 2.35. The quantitative estimate of drug-likeness (QED) is 0.747. The third kappa shape index (κ3) is 4.08. The summed E-state index contributed by atoms with van der Waals surface area (Å²) < 4.78 is 77.1. The van der Waals surface area contributed by atoms with Gasteiger partial charge in [-0.25, -0.2) is 0 Å². The van der Waals surface area contributed by atoms with Gasteiger partial charge in [0.05, 0.1) is 17.2 Å². The smallest absolute Gasteiger partial charge is 0.389 e. The van der Waals surface area contributed by atoms with Crippen LogP contribution >= 0.6 is 0 Å². The Hall–Kier alpha value is -1.32. The van der Waals surface area contributed by atoms with E-state index < -0.39 is 41.3 Å². The molecule has 120 valence electrons. The number of likely N-dealkylation sites (N-methyl/N-ethyl adjacent to an activating group) is 1. The van der Waals surface area contributed by atoms with E-state index in [2.05, 4.69) is 5.32 Å². The molecule has 21 heavy (non-hydrogen) atoms. The van der Waals surface area contributed by atoms with E-state index in [1.807, 2.05) is 0 Å². The van der Waals surface area contributed by atoms with Crippen LogP contribution in [0, 0.1) is 0 Å². The molecular weight excluding hydrogens is 304 g/mol. The first-order chi connectivity index (χ1) is 9.50. The second-order valence-corrected chi connectivity index (χ2v) is 4.33. The number of aliphatic hydroxyl groups excluding tert-OH is 2. The molecule has 0 amide bonds. The van der Waals surface area contributed by atoms with Crippen molar-refractivity contribution in [3.63, 3.8) is 0 Å². The molecule has 0 heterocycles. The number of nitrogens with one attached hydrogen (secondary N) is 1. The zero-order chi connectivity index (χ0) is 16.4. The van der Waals surface area contributed by atoms with Gasteiger partial charge < -0.3 is 15.5 Å². The molecule has 1 aromatic rings. The van der Waals surface area contributed by atoms with Gasteiger partial charge in [0.2, 0.25) is 0 Å². The minimum absolute atomic E-state index is 0.370. The third-order valence-electron chi connectivity index (χ3n) is 2.79. The summed E-state index contributed by atoms with van der Waals surface area (Å²) in [5, 5.41) is 21.6. The van der Waals surface area contributed by atoms with Crippen molar-refractivity contribution in [3.05, 3.63) is 34.9 Å². The SMILES string of the molecule is CNCC(O)C(O)c1c(C(F)(F)F)cccc1C(F)(F)F. The molecule has 0 aliphatic carbocycles. The first kappa shape index (κ1) is 17.7. The summed E-state index contributed by atoms with van der Waals surface area (Å²) in [6.45, 7) is -0.370. The molecule has 2 unspecified atom stereocenters. The van der Waals surface area contributed by atoms with Gasteiger partial charge in [-0.15, -0.1) is 0 Å². The Labute approximate surface area is 116 Å². The zero-order valence-corrected chi connectivity index (χ0v) is 10.8. The number of benzene rings is 1. The Morgan fingerprint density at radius 1 is 1.00 bits per heavy atom. The van der Waals surface area contributed by atoms with Crippen LogP contribution in [0.2, 0.25) is 0 Å². The Balaban J connectivity index is 3.50. The van der Waals surface area contributed by atoms with Crippen LogP contribution in [0.4, 0.5) is 26.3 Å². The van der Waals surface area contributed by atoms with Crippen molar-refractivity contribution in [1.29, 1.82) is 0 Å². The molecule has 3 nitrogen and oxygen atoms in total. The predicted molar refractivity (Wildman–Crippen MR) is 61.3 cm³/mol. The van der Waals surface area contributed by atoms with Crippen LogP contribution in [0.1, 0.15) is 22.8 Å². The second kappa shape index (κ2) is 6.20. The first-order valence-corrected chi connectivity index (χ1v) is 5.78. The molecule has 0 saturated heterocycles. The number of aliphatic hydroxyl groups is 2. The van der Waals surface area contributed by atoms with Crippen molar-refractivity contribution in [2.45, 2.75) is 24.6 Å². The summed E-state index contributed by atoms with van der Waals surface area (Å²) in [6.07, 6.45) is -14.3. The molecule has 0 aromatic heterocycles. The molecular formula is C12H13F6NO2. The highest BCUT2D eigenvalue weighted by Gasteiger charge is 2.43. The van der Waals surface area contributed by atoms with E-state index in [9.17, 15) is 36.6 Å². The van der Waals surface area contributed by atoms with Crippen LogP contribution in [0.3, 0.4) is 0 Å². The molecule has 1 aromatic carbocycles. The molecule has 0 radical (unpaired) electrons. The number of hydrogen-bond donors (Lipinski definition) is 3. The van der Waals surface area contributed by atoms with Crippen LogP contribution in [-0.4, -0.2) is 29.9 Å². The topological polar surface area (TPSA) is 52.5 Å². The van der Waals surface area contributed by atoms with Gasteiger partial charge >= 0.3 is 12.4 Å². The fraction of sp³-hybridized carbons (Fsp3) is 0.500. The van der Waals surface area contributed by atoms with E-state index in [-0.39, 0.29) is 6.54 Å². The van der Waals surface area contributed by atoms with E-state index in [1.54, 1.807) is 0 Å². The fourth-order valence-corrected chi connectivity index (χ4v) is 1.89. The molecule has 2 atom stereocenters. The van der Waals surface area contributed by atoms with E-state index in [0.29, 0.717) is 18.2 Å². The lowest BCUT2D eigenvalue weighted by atomic mass is 9.92. The van der Waals surface area contributed by atoms with Crippen molar-refractivity contribution in [3.8, 4) is 0 Å². The van der Waals surface area contributed by atoms with Crippen LogP contribution in [0.15, 0.2) is 18.2 Å². The van der Waals surface area contributed by atoms with Gasteiger partial charge in [-0.05, 0) is 19.2 Å². The normalized spacial score (nSPS) is 15.9. The summed E-state index contributed by atoms with van der Waals surface area (Å²) in [4.78, 5) is 0. The summed E-state index contributed by atoms with van der Waals surface area (Å²) in [7, 11) is 1.33. The summed E-state index contributed by atoms with van der Waals surface area (Å²) in [6, 6.07) is 1.46. The van der Waals surface area contributed by atoms with Crippen molar-refractivity contribution >= 4 is 0 Å². The van der Waals surface area contributed by atoms with Gasteiger partial charge in [0, 0.05) is 12.1 Å². The van der Waals surface area contributed by atoms with Gasteiger partial charge in [0.25, 0.3) is 0 Å². The fourth-order valence-electron chi connectivity index (χ4n) is 1.89. The molecule has 9 heteroatoms. The molecule has 0 aliphatic rings. The van der Waals surface area contributed by atoms with Gasteiger partial charge in [-0.3, -0.25) is 0 Å². The molecule has 0 spiro atoms. The van der Waals surface area contributed by atoms with Gasteiger partial charge in [-0.1, -0.05) is 6.07 Å². The van der Waals surface area contributed by atoms with E-state index in [0.717, 1.165) is 0 Å². The molecule has 0 bridgehead atoms. The lowest BCUT2D eigenvalue weighted by molar-refractivity contribution is -0.147. The number of halogens is 6. The Morgan fingerprint density at radius 2 is 1.43 bits per heavy atom. The zero-order valence-electron chi connectivity index (χ0n) is 10.8. The minimum atomic E-state index is -5.09. The van der Waals surface area contributed by atoms with Gasteiger partial charge in [0.1, 0.15) is 6.10 Å². The predicted octanol–water partition coefficient (Wildman–Crippen LogP) is 2.34. The minimum Gasteiger partial charge on any atom is -0.389 e.